The Balaban J connectivity index is 1.30. The average Bonchev–Trinajstić information content (AvgIpc) is 3.30. The molecule has 2 aliphatic heterocycles. The predicted molar refractivity (Wildman–Crippen MR) is 134 cm³/mol. The lowest BCUT2D eigenvalue weighted by molar-refractivity contribution is -0.137. The number of aromatic nitrogens is 3. The maximum Gasteiger partial charge on any atom is 0.235 e. The van der Waals surface area contributed by atoms with E-state index < -0.39 is 5.41 Å². The summed E-state index contributed by atoms with van der Waals surface area (Å²) in [7, 11) is 0. The Hall–Kier alpha value is -2.93. The SMILES string of the molecule is Cc1ccc(C2(C(=O)N3C4CCC3CN(c3ncnc5[nH]cc(C)c35)C4)C[C@@H]2NC(C)C)cc1. The molecule has 34 heavy (non-hydrogen) atoms. The van der Waals surface area contributed by atoms with Crippen LogP contribution in [0.2, 0.25) is 0 Å². The van der Waals surface area contributed by atoms with E-state index in [1.54, 1.807) is 6.33 Å². The Kier molecular flexibility index (Phi) is 4.96. The number of aromatic amines is 1. The number of carbonyl (C=O) groups is 1. The Bertz CT molecular complexity index is 1220. The van der Waals surface area contributed by atoms with Crippen LogP contribution >= 0.6 is 0 Å². The lowest BCUT2D eigenvalue weighted by Crippen LogP contribution is -2.59. The topological polar surface area (TPSA) is 77.2 Å². The molecule has 7 heteroatoms. The van der Waals surface area contributed by atoms with Crippen LogP contribution < -0.4 is 10.2 Å². The molecule has 7 nitrogen and oxygen atoms in total. The highest BCUT2D eigenvalue weighted by molar-refractivity contribution is 5.94. The van der Waals surface area contributed by atoms with E-state index in [2.05, 4.69) is 82.0 Å². The molecule has 4 heterocycles. The van der Waals surface area contributed by atoms with E-state index in [9.17, 15) is 4.79 Å². The van der Waals surface area contributed by atoms with Crippen LogP contribution in [0.1, 0.15) is 49.8 Å². The van der Waals surface area contributed by atoms with E-state index in [0.717, 1.165) is 60.3 Å². The van der Waals surface area contributed by atoms with Crippen molar-refractivity contribution in [2.24, 2.45) is 0 Å². The smallest absolute Gasteiger partial charge is 0.235 e. The minimum atomic E-state index is -0.444. The number of aryl methyl sites for hydroxylation is 2. The third kappa shape index (κ3) is 3.24. The van der Waals surface area contributed by atoms with Gasteiger partial charge in [-0.3, -0.25) is 4.79 Å². The van der Waals surface area contributed by atoms with Crippen molar-refractivity contribution in [2.75, 3.05) is 18.0 Å². The highest BCUT2D eigenvalue weighted by Gasteiger charge is 2.64. The largest absolute Gasteiger partial charge is 0.352 e. The zero-order chi connectivity index (χ0) is 23.6. The summed E-state index contributed by atoms with van der Waals surface area (Å²) in [6, 6.07) is 9.60. The van der Waals surface area contributed by atoms with Gasteiger partial charge in [-0.1, -0.05) is 43.7 Å². The second-order valence-corrected chi connectivity index (χ2v) is 10.8. The van der Waals surface area contributed by atoms with E-state index in [1.165, 1.54) is 5.56 Å². The van der Waals surface area contributed by atoms with Crippen LogP contribution in [-0.2, 0) is 10.2 Å². The van der Waals surface area contributed by atoms with Crippen molar-refractivity contribution >= 4 is 22.8 Å². The van der Waals surface area contributed by atoms with Crippen LogP contribution in [0.5, 0.6) is 0 Å². The molecule has 3 aromatic rings. The number of nitrogens with zero attached hydrogens (tertiary/aromatic N) is 4. The van der Waals surface area contributed by atoms with Gasteiger partial charge in [0.15, 0.2) is 0 Å². The van der Waals surface area contributed by atoms with Crippen LogP contribution in [0.3, 0.4) is 0 Å². The lowest BCUT2D eigenvalue weighted by atomic mass is 9.91. The fourth-order valence-electron chi connectivity index (χ4n) is 6.37. The van der Waals surface area contributed by atoms with Gasteiger partial charge in [0.05, 0.1) is 10.8 Å². The number of piperazine rings is 1. The summed E-state index contributed by atoms with van der Waals surface area (Å²) >= 11 is 0. The summed E-state index contributed by atoms with van der Waals surface area (Å²) in [6.07, 6.45) is 6.63. The summed E-state index contributed by atoms with van der Waals surface area (Å²) < 4.78 is 0. The Labute approximate surface area is 201 Å². The molecule has 178 valence electrons. The molecule has 4 atom stereocenters. The zero-order valence-corrected chi connectivity index (χ0v) is 20.5. The molecule has 0 radical (unpaired) electrons. The van der Waals surface area contributed by atoms with Crippen molar-refractivity contribution in [1.29, 1.82) is 0 Å². The Morgan fingerprint density at radius 2 is 1.82 bits per heavy atom. The first kappa shape index (κ1) is 21.6. The summed E-state index contributed by atoms with van der Waals surface area (Å²) in [4.78, 5) is 31.3. The number of hydrogen-bond acceptors (Lipinski definition) is 5. The van der Waals surface area contributed by atoms with E-state index in [0.29, 0.717) is 11.9 Å². The first-order valence-electron chi connectivity index (χ1n) is 12.6. The molecule has 0 spiro atoms. The number of rotatable bonds is 5. The van der Waals surface area contributed by atoms with Crippen LogP contribution in [0.15, 0.2) is 36.8 Å². The molecule has 3 unspecified atom stereocenters. The maximum absolute atomic E-state index is 14.3. The van der Waals surface area contributed by atoms with Crippen molar-refractivity contribution < 1.29 is 4.79 Å². The molecule has 3 aliphatic rings. The Morgan fingerprint density at radius 3 is 2.50 bits per heavy atom. The van der Waals surface area contributed by atoms with Gasteiger partial charge in [-0.05, 0) is 44.2 Å². The molecular weight excluding hydrogens is 424 g/mol. The molecule has 3 fully saturated rings. The fourth-order valence-corrected chi connectivity index (χ4v) is 6.37. The number of benzene rings is 1. The number of H-pyrrole nitrogens is 1. The number of amides is 1. The van der Waals surface area contributed by atoms with Crippen molar-refractivity contribution in [1.82, 2.24) is 25.2 Å². The summed E-state index contributed by atoms with van der Waals surface area (Å²) in [5, 5.41) is 4.77. The monoisotopic (exact) mass is 458 g/mol. The zero-order valence-electron chi connectivity index (χ0n) is 20.5. The second kappa shape index (κ2) is 7.80. The highest BCUT2D eigenvalue weighted by Crippen LogP contribution is 2.52. The van der Waals surface area contributed by atoms with Crippen LogP contribution in [0.25, 0.3) is 11.0 Å². The predicted octanol–water partition coefficient (Wildman–Crippen LogP) is 3.46. The van der Waals surface area contributed by atoms with Crippen molar-refractivity contribution in [3.05, 3.63) is 53.5 Å². The van der Waals surface area contributed by atoms with Gasteiger partial charge < -0.3 is 20.1 Å². The molecule has 1 aromatic carbocycles. The highest BCUT2D eigenvalue weighted by atomic mass is 16.2. The van der Waals surface area contributed by atoms with Crippen molar-refractivity contribution in [3.8, 4) is 0 Å². The fraction of sp³-hybridized carbons (Fsp3) is 0.519. The standard InChI is InChI=1S/C27H34N6O/c1-16(2)31-22-11-27(22,19-7-5-17(3)6-8-19)26(34)33-20-9-10-21(33)14-32(13-20)25-23-18(4)12-28-24(23)29-15-30-25/h5-8,12,15-16,20-22,31H,9-11,13-14H2,1-4H3,(H,28,29,30)/t20?,21?,22-,27?/m0/s1. The Morgan fingerprint density at radius 1 is 1.12 bits per heavy atom. The average molecular weight is 459 g/mol. The molecule has 2 bridgehead atoms. The molecule has 1 amide bonds. The number of fused-ring (bicyclic) bond motifs is 3. The summed E-state index contributed by atoms with van der Waals surface area (Å²) in [5.41, 5.74) is 3.98. The number of anilines is 1. The number of hydrogen-bond donors (Lipinski definition) is 2. The molecule has 2 aromatic heterocycles. The van der Waals surface area contributed by atoms with Crippen LogP contribution in [0, 0.1) is 13.8 Å². The first-order valence-corrected chi connectivity index (χ1v) is 12.6. The summed E-state index contributed by atoms with van der Waals surface area (Å²) in [6.45, 7) is 10.2. The van der Waals surface area contributed by atoms with Gasteiger partial charge in [0.25, 0.3) is 0 Å². The number of nitrogens with one attached hydrogen (secondary N) is 2. The minimum Gasteiger partial charge on any atom is -0.352 e. The van der Waals surface area contributed by atoms with Crippen LogP contribution in [-0.4, -0.2) is 63.0 Å². The van der Waals surface area contributed by atoms with E-state index in [1.807, 2.05) is 6.20 Å². The van der Waals surface area contributed by atoms with Crippen LogP contribution in [0.4, 0.5) is 5.82 Å². The van der Waals surface area contributed by atoms with E-state index in [4.69, 9.17) is 0 Å². The first-order chi connectivity index (χ1) is 16.4. The van der Waals surface area contributed by atoms with Gasteiger partial charge in [-0.15, -0.1) is 0 Å². The minimum absolute atomic E-state index is 0.198. The van der Waals surface area contributed by atoms with E-state index >= 15 is 0 Å². The van der Waals surface area contributed by atoms with Gasteiger partial charge in [-0.2, -0.15) is 0 Å². The van der Waals surface area contributed by atoms with Gasteiger partial charge >= 0.3 is 0 Å². The number of carbonyl (C=O) groups excluding carboxylic acids is 1. The summed E-state index contributed by atoms with van der Waals surface area (Å²) in [5.74, 6) is 1.30. The quantitative estimate of drug-likeness (QED) is 0.612. The normalized spacial score (nSPS) is 28.2. The molecule has 1 saturated carbocycles. The van der Waals surface area contributed by atoms with Gasteiger partial charge in [0.1, 0.15) is 17.8 Å². The van der Waals surface area contributed by atoms with E-state index in [-0.39, 0.29) is 18.1 Å². The van der Waals surface area contributed by atoms with Gasteiger partial charge in [0, 0.05) is 43.5 Å². The van der Waals surface area contributed by atoms with Gasteiger partial charge in [-0.25, -0.2) is 9.97 Å². The molecule has 6 rings (SSSR count). The molecular formula is C27H34N6O. The van der Waals surface area contributed by atoms with Gasteiger partial charge in [0.2, 0.25) is 5.91 Å². The van der Waals surface area contributed by atoms with Crippen molar-refractivity contribution in [3.63, 3.8) is 0 Å². The third-order valence-corrected chi connectivity index (χ3v) is 8.11. The van der Waals surface area contributed by atoms with Crippen molar-refractivity contribution in [2.45, 2.75) is 76.5 Å². The molecule has 1 aliphatic carbocycles. The molecule has 2 N–H and O–H groups in total. The lowest BCUT2D eigenvalue weighted by Gasteiger charge is -2.43. The second-order valence-electron chi connectivity index (χ2n) is 10.8. The maximum atomic E-state index is 14.3. The third-order valence-electron chi connectivity index (χ3n) is 8.11. The molecule has 2 saturated heterocycles.